The van der Waals surface area contributed by atoms with Gasteiger partial charge in [0.1, 0.15) is 0 Å². The van der Waals surface area contributed by atoms with E-state index in [0.717, 1.165) is 57.7 Å². The number of pyridine rings is 1. The SMILES string of the molecule is O=C(CN1CCCC1)N1CCC[C@]2(CCC(=O)N(Cc3ccccn3)C2)C1. The van der Waals surface area contributed by atoms with Gasteiger partial charge in [-0.15, -0.1) is 0 Å². The lowest BCUT2D eigenvalue weighted by atomic mass is 9.73. The zero-order valence-electron chi connectivity index (χ0n) is 16.1. The van der Waals surface area contributed by atoms with Crippen molar-refractivity contribution in [2.75, 3.05) is 39.3 Å². The minimum absolute atomic E-state index is 0.0572. The van der Waals surface area contributed by atoms with Crippen molar-refractivity contribution in [2.24, 2.45) is 5.41 Å². The van der Waals surface area contributed by atoms with E-state index in [9.17, 15) is 9.59 Å². The van der Waals surface area contributed by atoms with Gasteiger partial charge in [0.25, 0.3) is 0 Å². The summed E-state index contributed by atoms with van der Waals surface area (Å²) in [6.07, 6.45) is 7.82. The van der Waals surface area contributed by atoms with Gasteiger partial charge in [-0.3, -0.25) is 19.5 Å². The molecule has 0 unspecified atom stereocenters. The highest BCUT2D eigenvalue weighted by Gasteiger charge is 2.42. The lowest BCUT2D eigenvalue weighted by molar-refractivity contribution is -0.144. The molecule has 1 aromatic rings. The van der Waals surface area contributed by atoms with E-state index in [2.05, 4.69) is 14.8 Å². The van der Waals surface area contributed by atoms with Crippen molar-refractivity contribution in [1.82, 2.24) is 19.7 Å². The lowest BCUT2D eigenvalue weighted by Gasteiger charge is -2.48. The molecule has 0 N–H and O–H groups in total. The molecule has 4 heterocycles. The molecule has 1 spiro atoms. The number of nitrogens with zero attached hydrogens (tertiary/aromatic N) is 4. The predicted octanol–water partition coefficient (Wildman–Crippen LogP) is 1.91. The van der Waals surface area contributed by atoms with E-state index in [1.807, 2.05) is 23.1 Å². The summed E-state index contributed by atoms with van der Waals surface area (Å²) in [6.45, 7) is 5.65. The summed E-state index contributed by atoms with van der Waals surface area (Å²) in [5.74, 6) is 0.482. The molecule has 0 aliphatic carbocycles. The molecule has 0 saturated carbocycles. The Kier molecular flexibility index (Phi) is 5.43. The van der Waals surface area contributed by atoms with Crippen LogP contribution in [0.5, 0.6) is 0 Å². The molecule has 0 aromatic carbocycles. The van der Waals surface area contributed by atoms with Crippen molar-refractivity contribution in [3.05, 3.63) is 30.1 Å². The van der Waals surface area contributed by atoms with Crippen LogP contribution in [0.3, 0.4) is 0 Å². The Bertz CT molecular complexity index is 674. The Labute approximate surface area is 161 Å². The van der Waals surface area contributed by atoms with Gasteiger partial charge in [-0.2, -0.15) is 0 Å². The molecule has 1 aromatic heterocycles. The van der Waals surface area contributed by atoms with E-state index in [1.165, 1.54) is 12.8 Å². The van der Waals surface area contributed by atoms with E-state index in [4.69, 9.17) is 0 Å². The number of aromatic nitrogens is 1. The Morgan fingerprint density at radius 2 is 1.93 bits per heavy atom. The standard InChI is InChI=1S/C21H30N4O2/c26-19-7-9-21(17-25(19)14-18-6-1-2-10-22-18)8-5-13-24(16-21)20(27)15-23-11-3-4-12-23/h1-2,6,10H,3-5,7-9,11-17H2/t21-/m0/s1. The maximum atomic E-state index is 12.8. The Hall–Kier alpha value is -1.95. The van der Waals surface area contributed by atoms with Crippen LogP contribution >= 0.6 is 0 Å². The van der Waals surface area contributed by atoms with Crippen LogP contribution in [0.25, 0.3) is 0 Å². The quantitative estimate of drug-likeness (QED) is 0.812. The van der Waals surface area contributed by atoms with Gasteiger partial charge in [-0.1, -0.05) is 6.07 Å². The molecular weight excluding hydrogens is 340 g/mol. The fraction of sp³-hybridized carbons (Fsp3) is 0.667. The van der Waals surface area contributed by atoms with Crippen molar-refractivity contribution in [2.45, 2.75) is 45.1 Å². The number of carbonyl (C=O) groups excluding carboxylic acids is 2. The summed E-state index contributed by atoms with van der Waals surface area (Å²) < 4.78 is 0. The molecule has 6 nitrogen and oxygen atoms in total. The minimum Gasteiger partial charge on any atom is -0.341 e. The van der Waals surface area contributed by atoms with Crippen LogP contribution in [0.15, 0.2) is 24.4 Å². The Balaban J connectivity index is 1.40. The molecule has 6 heteroatoms. The first-order valence-corrected chi connectivity index (χ1v) is 10.3. The molecule has 0 bridgehead atoms. The average molecular weight is 370 g/mol. The van der Waals surface area contributed by atoms with Gasteiger partial charge < -0.3 is 9.80 Å². The zero-order valence-corrected chi connectivity index (χ0v) is 16.1. The molecule has 3 aliphatic heterocycles. The molecule has 146 valence electrons. The molecular formula is C21H30N4O2. The molecule has 2 amide bonds. The molecule has 1 atom stereocenters. The average Bonchev–Trinajstić information content (AvgIpc) is 3.19. The third-order valence-electron chi connectivity index (χ3n) is 6.40. The van der Waals surface area contributed by atoms with Crippen LogP contribution in [0.2, 0.25) is 0 Å². The van der Waals surface area contributed by atoms with Crippen molar-refractivity contribution < 1.29 is 9.59 Å². The first-order valence-electron chi connectivity index (χ1n) is 10.3. The molecule has 4 rings (SSSR count). The summed E-state index contributed by atoms with van der Waals surface area (Å²) in [6, 6.07) is 5.83. The summed E-state index contributed by atoms with van der Waals surface area (Å²) in [5, 5.41) is 0. The maximum Gasteiger partial charge on any atom is 0.236 e. The van der Waals surface area contributed by atoms with Gasteiger partial charge in [0, 0.05) is 37.7 Å². The molecule has 27 heavy (non-hydrogen) atoms. The topological polar surface area (TPSA) is 56.8 Å². The summed E-state index contributed by atoms with van der Waals surface area (Å²) >= 11 is 0. The maximum absolute atomic E-state index is 12.8. The van der Waals surface area contributed by atoms with Gasteiger partial charge >= 0.3 is 0 Å². The van der Waals surface area contributed by atoms with E-state index in [-0.39, 0.29) is 17.2 Å². The highest BCUT2D eigenvalue weighted by molar-refractivity contribution is 5.79. The second-order valence-corrected chi connectivity index (χ2v) is 8.47. The van der Waals surface area contributed by atoms with Crippen LogP contribution in [0.1, 0.15) is 44.2 Å². The molecule has 0 radical (unpaired) electrons. The molecule has 3 fully saturated rings. The van der Waals surface area contributed by atoms with Crippen LogP contribution in [-0.2, 0) is 16.1 Å². The number of piperidine rings is 2. The van der Waals surface area contributed by atoms with E-state index >= 15 is 0 Å². The number of hydrogen-bond donors (Lipinski definition) is 0. The molecule has 3 saturated heterocycles. The highest BCUT2D eigenvalue weighted by Crippen LogP contribution is 2.39. The van der Waals surface area contributed by atoms with E-state index in [0.29, 0.717) is 19.5 Å². The van der Waals surface area contributed by atoms with Gasteiger partial charge in [0.2, 0.25) is 11.8 Å². The normalized spacial score (nSPS) is 26.7. The monoisotopic (exact) mass is 370 g/mol. The van der Waals surface area contributed by atoms with Crippen molar-refractivity contribution in [3.8, 4) is 0 Å². The Morgan fingerprint density at radius 1 is 1.07 bits per heavy atom. The van der Waals surface area contributed by atoms with Gasteiger partial charge in [0.15, 0.2) is 0 Å². The van der Waals surface area contributed by atoms with Gasteiger partial charge in [-0.25, -0.2) is 0 Å². The first kappa shape index (κ1) is 18.4. The summed E-state index contributed by atoms with van der Waals surface area (Å²) in [7, 11) is 0. The Morgan fingerprint density at radius 3 is 2.70 bits per heavy atom. The fourth-order valence-corrected chi connectivity index (χ4v) is 4.92. The first-order chi connectivity index (χ1) is 13.1. The van der Waals surface area contributed by atoms with Crippen LogP contribution in [-0.4, -0.2) is 70.8 Å². The second kappa shape index (κ2) is 7.97. The highest BCUT2D eigenvalue weighted by atomic mass is 16.2. The summed E-state index contributed by atoms with van der Waals surface area (Å²) in [4.78, 5) is 36.0. The molecule has 3 aliphatic rings. The summed E-state index contributed by atoms with van der Waals surface area (Å²) in [5.41, 5.74) is 0.988. The van der Waals surface area contributed by atoms with E-state index < -0.39 is 0 Å². The largest absolute Gasteiger partial charge is 0.341 e. The predicted molar refractivity (Wildman–Crippen MR) is 103 cm³/mol. The van der Waals surface area contributed by atoms with Gasteiger partial charge in [0.05, 0.1) is 18.8 Å². The van der Waals surface area contributed by atoms with Crippen molar-refractivity contribution in [3.63, 3.8) is 0 Å². The van der Waals surface area contributed by atoms with E-state index in [1.54, 1.807) is 6.20 Å². The number of amides is 2. The van der Waals surface area contributed by atoms with Crippen LogP contribution < -0.4 is 0 Å². The lowest BCUT2D eigenvalue weighted by Crippen LogP contribution is -2.55. The second-order valence-electron chi connectivity index (χ2n) is 8.47. The van der Waals surface area contributed by atoms with Crippen molar-refractivity contribution >= 4 is 11.8 Å². The van der Waals surface area contributed by atoms with Gasteiger partial charge in [-0.05, 0) is 57.3 Å². The number of likely N-dealkylation sites (tertiary alicyclic amines) is 3. The smallest absolute Gasteiger partial charge is 0.236 e. The third-order valence-corrected chi connectivity index (χ3v) is 6.40. The van der Waals surface area contributed by atoms with Crippen molar-refractivity contribution in [1.29, 1.82) is 0 Å². The third kappa shape index (κ3) is 4.32. The minimum atomic E-state index is 0.0572. The van der Waals surface area contributed by atoms with Crippen LogP contribution in [0.4, 0.5) is 0 Å². The number of rotatable bonds is 4. The number of carbonyl (C=O) groups is 2. The van der Waals surface area contributed by atoms with Crippen LogP contribution in [0, 0.1) is 5.41 Å². The number of hydrogen-bond acceptors (Lipinski definition) is 4. The zero-order chi connectivity index (χ0) is 18.7. The fourth-order valence-electron chi connectivity index (χ4n) is 4.92.